The van der Waals surface area contributed by atoms with Crippen LogP contribution in [0.5, 0.6) is 0 Å². The van der Waals surface area contributed by atoms with Gasteiger partial charge in [-0.1, -0.05) is 31.9 Å². The molecule has 15 heavy (non-hydrogen) atoms. The van der Waals surface area contributed by atoms with Gasteiger partial charge in [0.05, 0.1) is 18.6 Å². The summed E-state index contributed by atoms with van der Waals surface area (Å²) >= 11 is 13.1. The average molecular weight is 362 g/mol. The molecule has 1 heterocycles. The van der Waals surface area contributed by atoms with Crippen molar-refractivity contribution in [3.8, 4) is 0 Å². The van der Waals surface area contributed by atoms with E-state index in [0.717, 1.165) is 12.8 Å². The number of hydrogen-bond donors (Lipinski definition) is 0. The molecule has 0 aromatic rings. The van der Waals surface area contributed by atoms with Gasteiger partial charge in [0.15, 0.2) is 6.29 Å². The molecule has 0 spiro atoms. The zero-order chi connectivity index (χ0) is 10.8. The topological polar surface area (TPSA) is 18.5 Å². The van der Waals surface area contributed by atoms with Gasteiger partial charge in [-0.25, -0.2) is 0 Å². The molecule has 0 aromatic carbocycles. The van der Waals surface area contributed by atoms with E-state index in [1.165, 1.54) is 6.42 Å². The molecule has 1 saturated carbocycles. The molecule has 0 aromatic heterocycles. The lowest BCUT2D eigenvalue weighted by atomic mass is 9.88. The third-order valence-electron chi connectivity index (χ3n) is 3.06. The standard InChI is InChI=1S/C10H15Br2ClO2/c11-8-2-1-6(3-9(8)12)10-14-5-7(4-13)15-10/h6-10H,1-5H2/t6-,7+,8+,9-,10-/m1/s1. The van der Waals surface area contributed by atoms with Crippen LogP contribution in [0.15, 0.2) is 0 Å². The first-order valence-corrected chi connectivity index (χ1v) is 7.68. The highest BCUT2D eigenvalue weighted by atomic mass is 79.9. The second kappa shape index (κ2) is 5.67. The Balaban J connectivity index is 1.84. The lowest BCUT2D eigenvalue weighted by Gasteiger charge is -2.32. The Bertz CT molecular complexity index is 218. The smallest absolute Gasteiger partial charge is 0.161 e. The minimum atomic E-state index is -0.0335. The molecule has 0 amide bonds. The highest BCUT2D eigenvalue weighted by Gasteiger charge is 2.37. The maximum absolute atomic E-state index is 5.74. The van der Waals surface area contributed by atoms with Crippen molar-refractivity contribution in [3.05, 3.63) is 0 Å². The van der Waals surface area contributed by atoms with Crippen LogP contribution < -0.4 is 0 Å². The van der Waals surface area contributed by atoms with Gasteiger partial charge in [0.25, 0.3) is 0 Å². The first-order valence-electron chi connectivity index (χ1n) is 5.32. The number of ether oxygens (including phenoxy) is 2. The zero-order valence-electron chi connectivity index (χ0n) is 8.37. The lowest BCUT2D eigenvalue weighted by molar-refractivity contribution is -0.101. The molecule has 0 radical (unpaired) electrons. The van der Waals surface area contributed by atoms with E-state index in [9.17, 15) is 0 Å². The molecule has 2 nitrogen and oxygen atoms in total. The molecule has 2 aliphatic rings. The Kier molecular flexibility index (Phi) is 4.77. The predicted molar refractivity (Wildman–Crippen MR) is 68.1 cm³/mol. The zero-order valence-corrected chi connectivity index (χ0v) is 12.3. The summed E-state index contributed by atoms with van der Waals surface area (Å²) in [5, 5.41) is 0. The molecule has 88 valence electrons. The maximum Gasteiger partial charge on any atom is 0.161 e. The summed E-state index contributed by atoms with van der Waals surface area (Å²) < 4.78 is 11.4. The van der Waals surface area contributed by atoms with Crippen LogP contribution >= 0.6 is 43.5 Å². The van der Waals surface area contributed by atoms with Gasteiger partial charge < -0.3 is 9.47 Å². The van der Waals surface area contributed by atoms with Crippen LogP contribution in [-0.4, -0.2) is 34.5 Å². The molecule has 0 bridgehead atoms. The predicted octanol–water partition coefficient (Wildman–Crippen LogP) is 3.29. The fraction of sp³-hybridized carbons (Fsp3) is 1.00. The van der Waals surface area contributed by atoms with Crippen molar-refractivity contribution >= 4 is 43.5 Å². The first kappa shape index (κ1) is 12.6. The Labute approximate surface area is 112 Å². The largest absolute Gasteiger partial charge is 0.350 e. The molecular formula is C10H15Br2ClO2. The number of rotatable bonds is 2. The summed E-state index contributed by atoms with van der Waals surface area (Å²) in [6, 6.07) is 0. The molecule has 5 heteroatoms. The normalized spacial score (nSPS) is 47.0. The molecule has 0 N–H and O–H groups in total. The van der Waals surface area contributed by atoms with E-state index in [1.54, 1.807) is 0 Å². The van der Waals surface area contributed by atoms with Crippen molar-refractivity contribution in [2.45, 2.75) is 41.3 Å². The number of alkyl halides is 3. The van der Waals surface area contributed by atoms with E-state index in [1.807, 2.05) is 0 Å². The van der Waals surface area contributed by atoms with E-state index in [2.05, 4.69) is 31.9 Å². The van der Waals surface area contributed by atoms with E-state index in [-0.39, 0.29) is 12.4 Å². The second-order valence-electron chi connectivity index (χ2n) is 4.22. The quantitative estimate of drug-likeness (QED) is 0.702. The summed E-state index contributed by atoms with van der Waals surface area (Å²) in [6.07, 6.45) is 3.50. The fourth-order valence-corrected chi connectivity index (χ4v) is 3.54. The van der Waals surface area contributed by atoms with Crippen molar-refractivity contribution in [2.75, 3.05) is 12.5 Å². The first-order chi connectivity index (χ1) is 7.20. The third kappa shape index (κ3) is 3.09. The Morgan fingerprint density at radius 1 is 1.20 bits per heavy atom. The highest BCUT2D eigenvalue weighted by Crippen LogP contribution is 2.37. The van der Waals surface area contributed by atoms with E-state index < -0.39 is 0 Å². The minimum Gasteiger partial charge on any atom is -0.350 e. The molecule has 2 fully saturated rings. The molecule has 5 atom stereocenters. The summed E-state index contributed by atoms with van der Waals surface area (Å²) in [5.74, 6) is 1.04. The van der Waals surface area contributed by atoms with Crippen LogP contribution in [0, 0.1) is 5.92 Å². The van der Waals surface area contributed by atoms with Gasteiger partial charge in [-0.05, 0) is 19.3 Å². The van der Waals surface area contributed by atoms with Crippen molar-refractivity contribution in [2.24, 2.45) is 5.92 Å². The van der Waals surface area contributed by atoms with Crippen molar-refractivity contribution in [1.29, 1.82) is 0 Å². The van der Waals surface area contributed by atoms with Gasteiger partial charge in [0.2, 0.25) is 0 Å². The van der Waals surface area contributed by atoms with Crippen molar-refractivity contribution in [1.82, 2.24) is 0 Å². The van der Waals surface area contributed by atoms with Gasteiger partial charge in [0.1, 0.15) is 0 Å². The summed E-state index contributed by atoms with van der Waals surface area (Å²) in [4.78, 5) is 1.11. The molecule has 1 aliphatic heterocycles. The maximum atomic E-state index is 5.74. The second-order valence-corrected chi connectivity index (χ2v) is 6.88. The van der Waals surface area contributed by atoms with Crippen LogP contribution in [0.1, 0.15) is 19.3 Å². The molecule has 2 rings (SSSR count). The Morgan fingerprint density at radius 2 is 2.00 bits per heavy atom. The third-order valence-corrected chi connectivity index (χ3v) is 6.23. The fourth-order valence-electron chi connectivity index (χ4n) is 2.15. The van der Waals surface area contributed by atoms with Crippen LogP contribution in [0.2, 0.25) is 0 Å². The Hall–Kier alpha value is 1.17. The number of hydrogen-bond acceptors (Lipinski definition) is 2. The van der Waals surface area contributed by atoms with Crippen LogP contribution in [0.25, 0.3) is 0 Å². The molecule has 1 saturated heterocycles. The van der Waals surface area contributed by atoms with Gasteiger partial charge in [-0.15, -0.1) is 11.6 Å². The summed E-state index contributed by atoms with van der Waals surface area (Å²) in [7, 11) is 0. The molecular weight excluding hydrogens is 347 g/mol. The van der Waals surface area contributed by atoms with Gasteiger partial charge in [0, 0.05) is 15.6 Å². The van der Waals surface area contributed by atoms with Crippen molar-refractivity contribution < 1.29 is 9.47 Å². The van der Waals surface area contributed by atoms with Crippen LogP contribution in [0.3, 0.4) is 0 Å². The Morgan fingerprint density at radius 3 is 2.60 bits per heavy atom. The summed E-state index contributed by atoms with van der Waals surface area (Å²) in [6.45, 7) is 0.648. The van der Waals surface area contributed by atoms with Gasteiger partial charge in [-0.3, -0.25) is 0 Å². The average Bonchev–Trinajstić information content (AvgIpc) is 2.70. The SMILES string of the molecule is ClC[C@H]1CO[C@@H]([C@@H]2CC[C@H](Br)[C@H](Br)C2)O1. The lowest BCUT2D eigenvalue weighted by Crippen LogP contribution is -2.33. The monoisotopic (exact) mass is 360 g/mol. The van der Waals surface area contributed by atoms with Crippen molar-refractivity contribution in [3.63, 3.8) is 0 Å². The number of halogens is 3. The highest BCUT2D eigenvalue weighted by molar-refractivity contribution is 9.12. The van der Waals surface area contributed by atoms with E-state index >= 15 is 0 Å². The summed E-state index contributed by atoms with van der Waals surface area (Å²) in [5.41, 5.74) is 0. The van der Waals surface area contributed by atoms with Crippen LogP contribution in [-0.2, 0) is 9.47 Å². The minimum absolute atomic E-state index is 0.0335. The van der Waals surface area contributed by atoms with Gasteiger partial charge in [-0.2, -0.15) is 0 Å². The van der Waals surface area contributed by atoms with E-state index in [0.29, 0.717) is 28.1 Å². The van der Waals surface area contributed by atoms with Gasteiger partial charge >= 0.3 is 0 Å². The van der Waals surface area contributed by atoms with E-state index in [4.69, 9.17) is 21.1 Å². The molecule has 0 unspecified atom stereocenters. The molecule has 1 aliphatic carbocycles. The van der Waals surface area contributed by atoms with Crippen LogP contribution in [0.4, 0.5) is 0 Å².